The molecule has 4 rings (SSSR count). The molecule has 0 atom stereocenters. The van der Waals surface area contributed by atoms with Gasteiger partial charge in [-0.3, -0.25) is 0 Å². The number of hydrogen-bond acceptors (Lipinski definition) is 6. The van der Waals surface area contributed by atoms with Crippen LogP contribution in [0.3, 0.4) is 0 Å². The summed E-state index contributed by atoms with van der Waals surface area (Å²) in [5.41, 5.74) is 3.26. The molecule has 0 aliphatic rings. The monoisotopic (exact) mass is 421 g/mol. The topological polar surface area (TPSA) is 76.5 Å². The van der Waals surface area contributed by atoms with Gasteiger partial charge < -0.3 is 19.9 Å². The smallest absolute Gasteiger partial charge is 0.162 e. The number of aromatic hydroxyl groups is 1. The quantitative estimate of drug-likeness (QED) is 0.437. The number of phenols is 1. The average Bonchev–Trinajstić information content (AvgIpc) is 2.76. The number of nitrogens with one attached hydrogen (secondary N) is 1. The Morgan fingerprint density at radius 2 is 1.70 bits per heavy atom. The van der Waals surface area contributed by atoms with Gasteiger partial charge in [0.15, 0.2) is 11.5 Å². The van der Waals surface area contributed by atoms with Crippen molar-refractivity contribution in [1.82, 2.24) is 9.97 Å². The van der Waals surface area contributed by atoms with Crippen LogP contribution < -0.4 is 14.8 Å². The van der Waals surface area contributed by atoms with Crippen molar-refractivity contribution < 1.29 is 14.6 Å². The van der Waals surface area contributed by atoms with Crippen LogP contribution in [-0.2, 0) is 6.42 Å². The van der Waals surface area contributed by atoms with Crippen LogP contribution in [0.2, 0.25) is 5.02 Å². The van der Waals surface area contributed by atoms with Crippen LogP contribution in [0.15, 0.2) is 60.9 Å². The zero-order valence-electron chi connectivity index (χ0n) is 16.5. The van der Waals surface area contributed by atoms with Crippen molar-refractivity contribution in [3.05, 3.63) is 77.1 Å². The number of halogens is 1. The second-order valence-corrected chi connectivity index (χ2v) is 7.09. The molecule has 2 N–H and O–H groups in total. The second-order valence-electron chi connectivity index (χ2n) is 6.68. The highest BCUT2D eigenvalue weighted by atomic mass is 35.5. The van der Waals surface area contributed by atoms with E-state index in [-0.39, 0.29) is 5.75 Å². The van der Waals surface area contributed by atoms with Crippen LogP contribution in [0.4, 0.5) is 11.5 Å². The Morgan fingerprint density at radius 1 is 0.933 bits per heavy atom. The van der Waals surface area contributed by atoms with Crippen LogP contribution in [0, 0.1) is 0 Å². The SMILES string of the molecule is COc1cc2ncnc(Nc3ccc(Cc4ccccc4O)c(Cl)c3)c2cc1OC. The predicted molar refractivity (Wildman–Crippen MR) is 118 cm³/mol. The highest BCUT2D eigenvalue weighted by molar-refractivity contribution is 6.31. The number of phenolic OH excluding ortho intramolecular Hbond substituents is 1. The molecule has 0 fully saturated rings. The van der Waals surface area contributed by atoms with Gasteiger partial charge in [-0.25, -0.2) is 9.97 Å². The van der Waals surface area contributed by atoms with Gasteiger partial charge in [0, 0.05) is 28.6 Å². The third kappa shape index (κ3) is 3.95. The van der Waals surface area contributed by atoms with Gasteiger partial charge in [0.1, 0.15) is 17.9 Å². The lowest BCUT2D eigenvalue weighted by atomic mass is 10.0. The first kappa shape index (κ1) is 19.8. The van der Waals surface area contributed by atoms with E-state index in [0.717, 1.165) is 27.7 Å². The molecule has 4 aromatic rings. The van der Waals surface area contributed by atoms with Gasteiger partial charge in [-0.1, -0.05) is 35.9 Å². The molecule has 0 spiro atoms. The van der Waals surface area contributed by atoms with E-state index in [0.29, 0.717) is 28.8 Å². The molecule has 0 amide bonds. The summed E-state index contributed by atoms with van der Waals surface area (Å²) in [4.78, 5) is 8.69. The van der Waals surface area contributed by atoms with Crippen LogP contribution in [0.25, 0.3) is 10.9 Å². The lowest BCUT2D eigenvalue weighted by Gasteiger charge is -2.13. The van der Waals surface area contributed by atoms with Crippen LogP contribution >= 0.6 is 11.6 Å². The van der Waals surface area contributed by atoms with Gasteiger partial charge >= 0.3 is 0 Å². The van der Waals surface area contributed by atoms with Gasteiger partial charge in [-0.15, -0.1) is 0 Å². The zero-order valence-corrected chi connectivity index (χ0v) is 17.3. The Labute approximate surface area is 179 Å². The molecule has 0 unspecified atom stereocenters. The summed E-state index contributed by atoms with van der Waals surface area (Å²) >= 11 is 6.51. The molecule has 1 aromatic heterocycles. The number of benzene rings is 3. The highest BCUT2D eigenvalue weighted by Crippen LogP contribution is 2.35. The van der Waals surface area contributed by atoms with Crippen LogP contribution in [0.1, 0.15) is 11.1 Å². The first-order chi connectivity index (χ1) is 14.6. The molecule has 30 heavy (non-hydrogen) atoms. The molecule has 3 aromatic carbocycles. The zero-order chi connectivity index (χ0) is 21.1. The van der Waals surface area contributed by atoms with Crippen LogP contribution in [0.5, 0.6) is 17.2 Å². The maximum Gasteiger partial charge on any atom is 0.162 e. The first-order valence-corrected chi connectivity index (χ1v) is 9.66. The van der Waals surface area contributed by atoms with Gasteiger partial charge in [-0.05, 0) is 35.4 Å². The van der Waals surface area contributed by atoms with Crippen molar-refractivity contribution in [1.29, 1.82) is 0 Å². The predicted octanol–water partition coefficient (Wildman–Crippen LogP) is 5.34. The third-order valence-electron chi connectivity index (χ3n) is 4.83. The minimum absolute atomic E-state index is 0.257. The number of methoxy groups -OCH3 is 2. The molecular formula is C23H20ClN3O3. The Balaban J connectivity index is 1.64. The normalized spacial score (nSPS) is 10.8. The Kier molecular flexibility index (Phi) is 5.59. The fourth-order valence-electron chi connectivity index (χ4n) is 3.25. The molecule has 6 nitrogen and oxygen atoms in total. The largest absolute Gasteiger partial charge is 0.508 e. The number of hydrogen-bond donors (Lipinski definition) is 2. The average molecular weight is 422 g/mol. The molecule has 1 heterocycles. The van der Waals surface area contributed by atoms with E-state index in [9.17, 15) is 5.11 Å². The lowest BCUT2D eigenvalue weighted by molar-refractivity contribution is 0.356. The molecule has 152 valence electrons. The number of aromatic nitrogens is 2. The van der Waals surface area contributed by atoms with Crippen molar-refractivity contribution in [2.75, 3.05) is 19.5 Å². The fourth-order valence-corrected chi connectivity index (χ4v) is 3.50. The minimum atomic E-state index is 0.257. The maximum absolute atomic E-state index is 10.0. The molecule has 0 aliphatic carbocycles. The fraction of sp³-hybridized carbons (Fsp3) is 0.130. The lowest BCUT2D eigenvalue weighted by Crippen LogP contribution is -1.99. The van der Waals surface area contributed by atoms with Gasteiger partial charge in [0.2, 0.25) is 0 Å². The van der Waals surface area contributed by atoms with E-state index in [1.165, 1.54) is 6.33 Å². The highest BCUT2D eigenvalue weighted by Gasteiger charge is 2.12. The maximum atomic E-state index is 10.0. The standard InChI is InChI=1S/C23H20ClN3O3/c1-29-21-11-17-19(12-22(21)30-2)25-13-26-23(17)27-16-8-7-14(18(24)10-16)9-15-5-3-4-6-20(15)28/h3-8,10-13,28H,9H2,1-2H3,(H,25,26,27). The number of anilines is 2. The van der Waals surface area contributed by atoms with Crippen molar-refractivity contribution in [3.8, 4) is 17.2 Å². The molecule has 0 saturated heterocycles. The van der Waals surface area contributed by atoms with Crippen LogP contribution in [-0.4, -0.2) is 29.3 Å². The van der Waals surface area contributed by atoms with Gasteiger partial charge in [0.25, 0.3) is 0 Å². The van der Waals surface area contributed by atoms with Crippen molar-refractivity contribution in [3.63, 3.8) is 0 Å². The number of fused-ring (bicyclic) bond motifs is 1. The Hall–Kier alpha value is -3.51. The Morgan fingerprint density at radius 3 is 2.43 bits per heavy atom. The van der Waals surface area contributed by atoms with E-state index in [1.54, 1.807) is 26.4 Å². The van der Waals surface area contributed by atoms with E-state index in [1.807, 2.05) is 42.5 Å². The molecule has 7 heteroatoms. The molecule has 0 aliphatic heterocycles. The summed E-state index contributed by atoms with van der Waals surface area (Å²) in [5.74, 6) is 2.09. The Bertz CT molecular complexity index is 1210. The molecule has 0 radical (unpaired) electrons. The molecular weight excluding hydrogens is 402 g/mol. The summed E-state index contributed by atoms with van der Waals surface area (Å²) in [7, 11) is 3.17. The van der Waals surface area contributed by atoms with Gasteiger partial charge in [0.05, 0.1) is 19.7 Å². The van der Waals surface area contributed by atoms with E-state index in [4.69, 9.17) is 21.1 Å². The van der Waals surface area contributed by atoms with Crippen molar-refractivity contribution in [2.24, 2.45) is 0 Å². The van der Waals surface area contributed by atoms with Crippen molar-refractivity contribution in [2.45, 2.75) is 6.42 Å². The second kappa shape index (κ2) is 8.47. The number of nitrogens with zero attached hydrogens (tertiary/aromatic N) is 2. The summed E-state index contributed by atoms with van der Waals surface area (Å²) in [6, 6.07) is 16.6. The first-order valence-electron chi connectivity index (χ1n) is 9.28. The summed E-state index contributed by atoms with van der Waals surface area (Å²) < 4.78 is 10.7. The minimum Gasteiger partial charge on any atom is -0.508 e. The number of ether oxygens (including phenoxy) is 2. The number of rotatable bonds is 6. The van der Waals surface area contributed by atoms with E-state index < -0.39 is 0 Å². The third-order valence-corrected chi connectivity index (χ3v) is 5.18. The molecule has 0 saturated carbocycles. The van der Waals surface area contributed by atoms with Gasteiger partial charge in [-0.2, -0.15) is 0 Å². The van der Waals surface area contributed by atoms with E-state index >= 15 is 0 Å². The number of para-hydroxylation sites is 1. The summed E-state index contributed by atoms with van der Waals surface area (Å²) in [6.45, 7) is 0. The summed E-state index contributed by atoms with van der Waals surface area (Å²) in [6.07, 6.45) is 2.03. The molecule has 0 bridgehead atoms. The summed E-state index contributed by atoms with van der Waals surface area (Å²) in [5, 5.41) is 14.7. The van der Waals surface area contributed by atoms with E-state index in [2.05, 4.69) is 15.3 Å². The van der Waals surface area contributed by atoms with Crippen molar-refractivity contribution >= 4 is 34.0 Å².